The minimum Gasteiger partial charge on any atom is -0.0730 e. The Bertz CT molecular complexity index is 638. The minimum atomic E-state index is 0.757. The summed E-state index contributed by atoms with van der Waals surface area (Å²) < 4.78 is 0. The van der Waals surface area contributed by atoms with Gasteiger partial charge in [0.25, 0.3) is 0 Å². The molecule has 0 amide bonds. The lowest BCUT2D eigenvalue weighted by Gasteiger charge is -2.31. The third-order valence-corrected chi connectivity index (χ3v) is 7.45. The summed E-state index contributed by atoms with van der Waals surface area (Å²) in [5.74, 6) is 10.4. The molecule has 28 heavy (non-hydrogen) atoms. The summed E-state index contributed by atoms with van der Waals surface area (Å²) in [6.07, 6.45) is 21.6. The van der Waals surface area contributed by atoms with Crippen LogP contribution in [0.1, 0.15) is 95.6 Å². The van der Waals surface area contributed by atoms with Crippen molar-refractivity contribution in [2.24, 2.45) is 23.7 Å². The predicted octanol–water partition coefficient (Wildman–Crippen LogP) is 7.96. The molecule has 0 N–H and O–H groups in total. The molecule has 2 saturated carbocycles. The largest absolute Gasteiger partial charge is 0.0730 e. The van der Waals surface area contributed by atoms with Crippen LogP contribution in [0.5, 0.6) is 0 Å². The third kappa shape index (κ3) is 6.84. The molecule has 2 aliphatic rings. The molecular formula is C28H40. The molecule has 0 aliphatic heterocycles. The zero-order valence-corrected chi connectivity index (χ0v) is 18.3. The Morgan fingerprint density at radius 2 is 1.36 bits per heavy atom. The van der Waals surface area contributed by atoms with E-state index in [9.17, 15) is 0 Å². The van der Waals surface area contributed by atoms with Gasteiger partial charge in [-0.3, -0.25) is 0 Å². The van der Waals surface area contributed by atoms with E-state index < -0.39 is 0 Å². The first kappa shape index (κ1) is 21.2. The molecule has 0 heteroatoms. The zero-order valence-electron chi connectivity index (χ0n) is 18.3. The average molecular weight is 377 g/mol. The Labute approximate surface area is 174 Å². The van der Waals surface area contributed by atoms with Crippen LogP contribution in [0.25, 0.3) is 0 Å². The molecule has 152 valence electrons. The van der Waals surface area contributed by atoms with Crippen LogP contribution in [-0.2, 0) is 6.42 Å². The van der Waals surface area contributed by atoms with Crippen LogP contribution in [0.2, 0.25) is 0 Å². The molecular weight excluding hydrogens is 336 g/mol. The van der Waals surface area contributed by atoms with E-state index in [1.165, 1.54) is 76.2 Å². The molecule has 3 rings (SSSR count). The highest BCUT2D eigenvalue weighted by Gasteiger charge is 2.23. The predicted molar refractivity (Wildman–Crippen MR) is 122 cm³/mol. The lowest BCUT2D eigenvalue weighted by molar-refractivity contribution is 0.224. The van der Waals surface area contributed by atoms with Crippen molar-refractivity contribution in [3.63, 3.8) is 0 Å². The second-order valence-electron chi connectivity index (χ2n) is 9.33. The van der Waals surface area contributed by atoms with Gasteiger partial charge in [0.2, 0.25) is 0 Å². The first-order valence-corrected chi connectivity index (χ1v) is 12.0. The molecule has 1 aromatic carbocycles. The number of hydrogen-bond donors (Lipinski definition) is 0. The Kier molecular flexibility index (Phi) is 8.72. The van der Waals surface area contributed by atoms with Crippen LogP contribution >= 0.6 is 0 Å². The second-order valence-corrected chi connectivity index (χ2v) is 9.33. The van der Waals surface area contributed by atoms with Gasteiger partial charge in [-0.1, -0.05) is 88.8 Å². The van der Waals surface area contributed by atoms with Gasteiger partial charge in [0.15, 0.2) is 0 Å². The number of benzene rings is 1. The van der Waals surface area contributed by atoms with Crippen molar-refractivity contribution in [3.05, 3.63) is 47.5 Å². The Morgan fingerprint density at radius 1 is 0.786 bits per heavy atom. The molecule has 0 heterocycles. The standard InChI is InChI=1S/C28H40/c1-3-23-9-13-25(14-10-23)7-5-6-8-26-17-19-28(20-18-26)22-21-27-15-11-24(4-2)12-16-27/h6,8-10,13-14,24,26-28H,3-4,11-12,15-22H2,1-2H3/b8-6+/t24-,26?,27-,28?. The SMILES string of the molecule is CCc1ccc(C#C/C=C/C2CCC(CC[C@H]3CC[C@H](CC)CC3)CC2)cc1. The summed E-state index contributed by atoms with van der Waals surface area (Å²) in [7, 11) is 0. The van der Waals surface area contributed by atoms with E-state index in [1.54, 1.807) is 0 Å². The van der Waals surface area contributed by atoms with Gasteiger partial charge in [0.05, 0.1) is 0 Å². The summed E-state index contributed by atoms with van der Waals surface area (Å²) in [4.78, 5) is 0. The maximum atomic E-state index is 3.27. The summed E-state index contributed by atoms with van der Waals surface area (Å²) >= 11 is 0. The van der Waals surface area contributed by atoms with Crippen molar-refractivity contribution in [1.82, 2.24) is 0 Å². The van der Waals surface area contributed by atoms with E-state index in [0.29, 0.717) is 0 Å². The molecule has 2 fully saturated rings. The quantitative estimate of drug-likeness (QED) is 0.442. The molecule has 0 atom stereocenters. The van der Waals surface area contributed by atoms with Gasteiger partial charge in [0, 0.05) is 5.56 Å². The van der Waals surface area contributed by atoms with E-state index in [2.05, 4.69) is 62.1 Å². The highest BCUT2D eigenvalue weighted by molar-refractivity contribution is 5.38. The van der Waals surface area contributed by atoms with Gasteiger partial charge >= 0.3 is 0 Å². The third-order valence-electron chi connectivity index (χ3n) is 7.45. The average Bonchev–Trinajstić information content (AvgIpc) is 2.77. The number of aryl methyl sites for hydroxylation is 1. The van der Waals surface area contributed by atoms with Crippen molar-refractivity contribution >= 4 is 0 Å². The summed E-state index contributed by atoms with van der Waals surface area (Å²) in [6.45, 7) is 4.56. The molecule has 1 aromatic rings. The van der Waals surface area contributed by atoms with Crippen molar-refractivity contribution in [3.8, 4) is 11.8 Å². The van der Waals surface area contributed by atoms with Gasteiger partial charge in [-0.15, -0.1) is 0 Å². The lowest BCUT2D eigenvalue weighted by atomic mass is 9.75. The van der Waals surface area contributed by atoms with Crippen LogP contribution in [0.4, 0.5) is 0 Å². The highest BCUT2D eigenvalue weighted by atomic mass is 14.3. The van der Waals surface area contributed by atoms with E-state index in [0.717, 1.165) is 35.7 Å². The van der Waals surface area contributed by atoms with Crippen LogP contribution in [0.3, 0.4) is 0 Å². The lowest BCUT2D eigenvalue weighted by Crippen LogP contribution is -2.17. The maximum absolute atomic E-state index is 3.27. The van der Waals surface area contributed by atoms with E-state index in [-0.39, 0.29) is 0 Å². The number of rotatable bonds is 6. The fourth-order valence-electron chi connectivity index (χ4n) is 5.20. The van der Waals surface area contributed by atoms with Gasteiger partial charge in [-0.05, 0) is 79.5 Å². The summed E-state index contributed by atoms with van der Waals surface area (Å²) in [5, 5.41) is 0. The Morgan fingerprint density at radius 3 is 1.93 bits per heavy atom. The first-order valence-electron chi connectivity index (χ1n) is 12.0. The number of allylic oxidation sites excluding steroid dienone is 2. The Balaban J connectivity index is 1.33. The normalized spacial score (nSPS) is 28.1. The van der Waals surface area contributed by atoms with Gasteiger partial charge < -0.3 is 0 Å². The molecule has 0 nitrogen and oxygen atoms in total. The smallest absolute Gasteiger partial charge is 0.0249 e. The molecule has 0 bridgehead atoms. The van der Waals surface area contributed by atoms with Gasteiger partial charge in [-0.2, -0.15) is 0 Å². The van der Waals surface area contributed by atoms with Crippen LogP contribution < -0.4 is 0 Å². The molecule has 0 unspecified atom stereocenters. The highest BCUT2D eigenvalue weighted by Crippen LogP contribution is 2.37. The van der Waals surface area contributed by atoms with E-state index in [4.69, 9.17) is 0 Å². The van der Waals surface area contributed by atoms with E-state index >= 15 is 0 Å². The molecule has 2 aliphatic carbocycles. The van der Waals surface area contributed by atoms with Crippen molar-refractivity contribution < 1.29 is 0 Å². The maximum Gasteiger partial charge on any atom is 0.0249 e. The summed E-state index contributed by atoms with van der Waals surface area (Å²) in [5.41, 5.74) is 2.50. The van der Waals surface area contributed by atoms with Crippen LogP contribution in [0, 0.1) is 35.5 Å². The second kappa shape index (κ2) is 11.5. The molecule has 0 radical (unpaired) electrons. The molecule has 0 aromatic heterocycles. The fraction of sp³-hybridized carbons (Fsp3) is 0.643. The topological polar surface area (TPSA) is 0 Å². The van der Waals surface area contributed by atoms with E-state index in [1.807, 2.05) is 0 Å². The monoisotopic (exact) mass is 376 g/mol. The van der Waals surface area contributed by atoms with Gasteiger partial charge in [-0.25, -0.2) is 0 Å². The molecule has 0 saturated heterocycles. The van der Waals surface area contributed by atoms with Crippen LogP contribution in [0.15, 0.2) is 36.4 Å². The zero-order chi connectivity index (χ0) is 19.6. The van der Waals surface area contributed by atoms with Crippen molar-refractivity contribution in [2.45, 2.75) is 90.9 Å². The van der Waals surface area contributed by atoms with Crippen molar-refractivity contribution in [2.75, 3.05) is 0 Å². The minimum absolute atomic E-state index is 0.757. The fourth-order valence-corrected chi connectivity index (χ4v) is 5.20. The molecule has 0 spiro atoms. The van der Waals surface area contributed by atoms with Gasteiger partial charge in [0.1, 0.15) is 0 Å². The van der Waals surface area contributed by atoms with Crippen molar-refractivity contribution in [1.29, 1.82) is 0 Å². The first-order chi connectivity index (χ1) is 13.8. The van der Waals surface area contributed by atoms with Crippen LogP contribution in [-0.4, -0.2) is 0 Å². The summed E-state index contributed by atoms with van der Waals surface area (Å²) in [6, 6.07) is 8.65. The Hall–Kier alpha value is -1.48. The number of hydrogen-bond acceptors (Lipinski definition) is 0.